The molecule has 1 aromatic heterocycles. The van der Waals surface area contributed by atoms with Crippen molar-refractivity contribution in [2.75, 3.05) is 0 Å². The molecule has 25 heavy (non-hydrogen) atoms. The third-order valence-corrected chi connectivity index (χ3v) is 3.65. The lowest BCUT2D eigenvalue weighted by molar-refractivity contribution is -0.130. The zero-order chi connectivity index (χ0) is 18.8. The smallest absolute Gasteiger partial charge is 0.342 e. The summed E-state index contributed by atoms with van der Waals surface area (Å²) < 4.78 is 7.05. The monoisotopic (exact) mass is 343 g/mol. The summed E-state index contributed by atoms with van der Waals surface area (Å²) >= 11 is 0. The predicted octanol–water partition coefficient (Wildman–Crippen LogP) is 2.95. The van der Waals surface area contributed by atoms with Crippen molar-refractivity contribution < 1.29 is 14.3 Å². The van der Waals surface area contributed by atoms with Crippen LogP contribution in [0.1, 0.15) is 49.4 Å². The molecule has 0 saturated carbocycles. The van der Waals surface area contributed by atoms with Gasteiger partial charge >= 0.3 is 5.97 Å². The Morgan fingerprint density at radius 1 is 1.16 bits per heavy atom. The summed E-state index contributed by atoms with van der Waals surface area (Å²) in [5.41, 5.74) is 2.11. The number of esters is 1. The minimum Gasteiger partial charge on any atom is -0.449 e. The van der Waals surface area contributed by atoms with E-state index in [2.05, 4.69) is 10.4 Å². The van der Waals surface area contributed by atoms with Crippen LogP contribution in [0.5, 0.6) is 0 Å². The second-order valence-electron chi connectivity index (χ2n) is 7.08. The molecule has 2 rings (SSSR count). The summed E-state index contributed by atoms with van der Waals surface area (Å²) in [5, 5.41) is 7.23. The highest BCUT2D eigenvalue weighted by Crippen LogP contribution is 2.19. The highest BCUT2D eigenvalue weighted by molar-refractivity contribution is 5.94. The molecule has 0 bridgehead atoms. The number of rotatable bonds is 4. The number of amides is 1. The molecule has 1 heterocycles. The van der Waals surface area contributed by atoms with Crippen LogP contribution in [0.4, 0.5) is 0 Å². The van der Waals surface area contributed by atoms with Crippen LogP contribution < -0.4 is 5.32 Å². The number of aromatic nitrogens is 2. The van der Waals surface area contributed by atoms with Gasteiger partial charge in [0.15, 0.2) is 6.10 Å². The average molecular weight is 343 g/mol. The fourth-order valence-corrected chi connectivity index (χ4v) is 2.50. The molecule has 1 N–H and O–H groups in total. The molecule has 2 aromatic rings. The van der Waals surface area contributed by atoms with Gasteiger partial charge in [-0.05, 0) is 53.7 Å². The molecule has 1 atom stereocenters. The molecule has 6 nitrogen and oxygen atoms in total. The largest absolute Gasteiger partial charge is 0.449 e. The molecule has 0 spiro atoms. The van der Waals surface area contributed by atoms with Crippen LogP contribution in [-0.4, -0.2) is 33.3 Å². The first-order valence-electron chi connectivity index (χ1n) is 8.25. The van der Waals surface area contributed by atoms with Crippen molar-refractivity contribution in [2.45, 2.75) is 53.2 Å². The number of carbonyl (C=O) groups is 2. The summed E-state index contributed by atoms with van der Waals surface area (Å²) in [6.45, 7) is 10.7. The lowest BCUT2D eigenvalue weighted by Gasteiger charge is -2.23. The summed E-state index contributed by atoms with van der Waals surface area (Å²) in [4.78, 5) is 24.7. The van der Waals surface area contributed by atoms with E-state index in [1.807, 2.05) is 58.0 Å². The number of ether oxygens (including phenoxy) is 1. The highest BCUT2D eigenvalue weighted by Gasteiger charge is 2.26. The standard InChI is InChI=1S/C19H25N3O3/c1-12-16(13(2)22(21-12)15-10-8-7-9-11-15)18(24)25-14(3)17(23)20-19(4,5)6/h7-11,14H,1-6H3,(H,20,23)/t14-/m1/s1. The first kappa shape index (κ1) is 18.7. The fourth-order valence-electron chi connectivity index (χ4n) is 2.50. The molecule has 134 valence electrons. The van der Waals surface area contributed by atoms with Crippen LogP contribution in [0.3, 0.4) is 0 Å². The first-order chi connectivity index (χ1) is 11.6. The third kappa shape index (κ3) is 4.47. The van der Waals surface area contributed by atoms with Gasteiger partial charge in [-0.1, -0.05) is 18.2 Å². The molecule has 1 amide bonds. The molecule has 0 radical (unpaired) electrons. The van der Waals surface area contributed by atoms with Crippen LogP contribution in [0.25, 0.3) is 5.69 Å². The Kier molecular flexibility index (Phi) is 5.30. The zero-order valence-corrected chi connectivity index (χ0v) is 15.6. The van der Waals surface area contributed by atoms with Crippen molar-refractivity contribution in [3.8, 4) is 5.69 Å². The molecular formula is C19H25N3O3. The van der Waals surface area contributed by atoms with Crippen LogP contribution in [0.2, 0.25) is 0 Å². The van der Waals surface area contributed by atoms with Crippen molar-refractivity contribution in [1.29, 1.82) is 0 Å². The van der Waals surface area contributed by atoms with E-state index in [1.54, 1.807) is 18.5 Å². The molecule has 0 aliphatic heterocycles. The van der Waals surface area contributed by atoms with E-state index in [1.165, 1.54) is 0 Å². The maximum absolute atomic E-state index is 12.6. The van der Waals surface area contributed by atoms with E-state index >= 15 is 0 Å². The number of para-hydroxylation sites is 1. The normalized spacial score (nSPS) is 12.6. The maximum Gasteiger partial charge on any atom is 0.342 e. The van der Waals surface area contributed by atoms with Crippen LogP contribution >= 0.6 is 0 Å². The summed E-state index contributed by atoms with van der Waals surface area (Å²) in [6, 6.07) is 9.55. The Labute approximate surface area is 148 Å². The summed E-state index contributed by atoms with van der Waals surface area (Å²) in [5.74, 6) is -0.875. The Hall–Kier alpha value is -2.63. The molecule has 0 saturated heterocycles. The second-order valence-corrected chi connectivity index (χ2v) is 7.08. The average Bonchev–Trinajstić information content (AvgIpc) is 2.81. The molecule has 0 fully saturated rings. The Bertz CT molecular complexity index is 773. The minimum absolute atomic E-state index is 0.327. The second kappa shape index (κ2) is 7.09. The number of nitrogens with one attached hydrogen (secondary N) is 1. The molecule has 0 aliphatic rings. The van der Waals surface area contributed by atoms with E-state index in [-0.39, 0.29) is 11.4 Å². The number of carbonyl (C=O) groups excluding carboxylic acids is 2. The van der Waals surface area contributed by atoms with E-state index < -0.39 is 12.1 Å². The number of hydrogen-bond donors (Lipinski definition) is 1. The van der Waals surface area contributed by atoms with E-state index in [9.17, 15) is 9.59 Å². The minimum atomic E-state index is -0.884. The van der Waals surface area contributed by atoms with Crippen LogP contribution in [-0.2, 0) is 9.53 Å². The number of benzene rings is 1. The molecule has 1 aromatic carbocycles. The molecule has 6 heteroatoms. The van der Waals surface area contributed by atoms with Crippen molar-refractivity contribution in [2.24, 2.45) is 0 Å². The van der Waals surface area contributed by atoms with E-state index in [0.29, 0.717) is 17.0 Å². The SMILES string of the molecule is Cc1nn(-c2ccccc2)c(C)c1C(=O)O[C@H](C)C(=O)NC(C)(C)C. The van der Waals surface area contributed by atoms with Crippen LogP contribution in [0, 0.1) is 13.8 Å². The summed E-state index contributed by atoms with van der Waals surface area (Å²) in [7, 11) is 0. The van der Waals surface area contributed by atoms with Gasteiger partial charge in [-0.3, -0.25) is 4.79 Å². The quantitative estimate of drug-likeness (QED) is 0.866. The summed E-state index contributed by atoms with van der Waals surface area (Å²) in [6.07, 6.45) is -0.884. The molecular weight excluding hydrogens is 318 g/mol. The lowest BCUT2D eigenvalue weighted by Crippen LogP contribution is -2.46. The van der Waals surface area contributed by atoms with Gasteiger partial charge in [0, 0.05) is 5.54 Å². The van der Waals surface area contributed by atoms with Gasteiger partial charge in [0.25, 0.3) is 5.91 Å². The van der Waals surface area contributed by atoms with Crippen molar-refractivity contribution in [3.63, 3.8) is 0 Å². The van der Waals surface area contributed by atoms with Gasteiger partial charge in [-0.2, -0.15) is 5.10 Å². The van der Waals surface area contributed by atoms with E-state index in [0.717, 1.165) is 5.69 Å². The maximum atomic E-state index is 12.6. The fraction of sp³-hybridized carbons (Fsp3) is 0.421. The number of aryl methyl sites for hydroxylation is 1. The third-order valence-electron chi connectivity index (χ3n) is 3.65. The zero-order valence-electron chi connectivity index (χ0n) is 15.6. The molecule has 0 unspecified atom stereocenters. The van der Waals surface area contributed by atoms with Gasteiger partial charge in [0.1, 0.15) is 5.56 Å². The number of hydrogen-bond acceptors (Lipinski definition) is 4. The van der Waals surface area contributed by atoms with Gasteiger partial charge < -0.3 is 10.1 Å². The molecule has 0 aliphatic carbocycles. The van der Waals surface area contributed by atoms with Gasteiger partial charge in [0.05, 0.1) is 17.1 Å². The van der Waals surface area contributed by atoms with Crippen molar-refractivity contribution in [3.05, 3.63) is 47.3 Å². The Morgan fingerprint density at radius 2 is 1.76 bits per heavy atom. The van der Waals surface area contributed by atoms with Crippen LogP contribution in [0.15, 0.2) is 30.3 Å². The predicted molar refractivity (Wildman–Crippen MR) is 95.8 cm³/mol. The van der Waals surface area contributed by atoms with Crippen molar-refractivity contribution >= 4 is 11.9 Å². The Balaban J connectivity index is 2.20. The van der Waals surface area contributed by atoms with E-state index in [4.69, 9.17) is 4.74 Å². The first-order valence-corrected chi connectivity index (χ1v) is 8.25. The Morgan fingerprint density at radius 3 is 2.32 bits per heavy atom. The lowest BCUT2D eigenvalue weighted by atomic mass is 10.1. The van der Waals surface area contributed by atoms with Gasteiger partial charge in [-0.25, -0.2) is 9.48 Å². The number of nitrogens with zero attached hydrogens (tertiary/aromatic N) is 2. The topological polar surface area (TPSA) is 73.2 Å². The van der Waals surface area contributed by atoms with Gasteiger partial charge in [-0.15, -0.1) is 0 Å². The van der Waals surface area contributed by atoms with Gasteiger partial charge in [0.2, 0.25) is 0 Å². The highest BCUT2D eigenvalue weighted by atomic mass is 16.5. The van der Waals surface area contributed by atoms with Crippen molar-refractivity contribution in [1.82, 2.24) is 15.1 Å².